The van der Waals surface area contributed by atoms with Crippen molar-refractivity contribution in [1.82, 2.24) is 20.4 Å². The molecule has 2 aliphatic rings. The lowest BCUT2D eigenvalue weighted by atomic mass is 9.66. The molecule has 0 fully saturated rings. The van der Waals surface area contributed by atoms with Crippen LogP contribution in [0.5, 0.6) is 0 Å². The third-order valence-corrected chi connectivity index (χ3v) is 9.20. The van der Waals surface area contributed by atoms with E-state index in [1.54, 1.807) is 18.2 Å². The fourth-order valence-corrected chi connectivity index (χ4v) is 6.69. The number of aromatic nitrogens is 1. The molecule has 0 saturated carbocycles. The highest BCUT2D eigenvalue weighted by atomic mass is 32.1. The molecule has 3 aromatic rings. The molecular formula is C29H25F3N9O8S+. The van der Waals surface area contributed by atoms with E-state index in [-0.39, 0.29) is 23.3 Å². The van der Waals surface area contributed by atoms with Crippen LogP contribution in [0.4, 0.5) is 18.3 Å². The zero-order valence-corrected chi connectivity index (χ0v) is 26.5. The number of fused-ring (bicyclic) bond motifs is 2. The molecule has 1 aliphatic heterocycles. The van der Waals surface area contributed by atoms with Crippen molar-refractivity contribution in [3.8, 4) is 0 Å². The van der Waals surface area contributed by atoms with Gasteiger partial charge in [0.2, 0.25) is 35.3 Å². The molecule has 0 saturated heterocycles. The molecule has 0 radical (unpaired) electrons. The molecule has 10 N–H and O–H groups in total. The van der Waals surface area contributed by atoms with Gasteiger partial charge in [-0.3, -0.25) is 33.6 Å². The summed E-state index contributed by atoms with van der Waals surface area (Å²) in [5, 5.41) is 6.42. The number of hydrogen-bond acceptors (Lipinski definition) is 11. The molecule has 5 rings (SSSR count). The van der Waals surface area contributed by atoms with Gasteiger partial charge in [0.15, 0.2) is 22.5 Å². The summed E-state index contributed by atoms with van der Waals surface area (Å²) < 4.78 is 50.2. The molecule has 0 bridgehead atoms. The molecule has 2 aromatic heterocycles. The van der Waals surface area contributed by atoms with E-state index in [2.05, 4.69) is 15.4 Å². The van der Waals surface area contributed by atoms with Crippen LogP contribution in [0.3, 0.4) is 0 Å². The highest BCUT2D eigenvalue weighted by molar-refractivity contribution is 7.18. The highest BCUT2D eigenvalue weighted by Gasteiger charge is 2.60. The van der Waals surface area contributed by atoms with Crippen LogP contribution in [0.15, 0.2) is 56.6 Å². The van der Waals surface area contributed by atoms with E-state index in [1.165, 1.54) is 13.0 Å². The number of carbonyl (C=O) groups excluding carboxylic acids is 7. The Bertz CT molecular complexity index is 2140. The molecule has 260 valence electrons. The number of benzene rings is 1. The monoisotopic (exact) mass is 716 g/mol. The summed E-state index contributed by atoms with van der Waals surface area (Å²) in [4.78, 5) is 94.1. The van der Waals surface area contributed by atoms with Gasteiger partial charge < -0.3 is 38.0 Å². The third kappa shape index (κ3) is 5.46. The van der Waals surface area contributed by atoms with Crippen molar-refractivity contribution in [2.75, 3.05) is 7.05 Å². The SMILES string of the molecule is CC[C@H](NC(=O)C1C(C(N)=O)=CC(C(N)=O)=C(C(N)=O)C1(NC(=O)c1sc2c(c1F)C(F)=N[N+]2(C)F)C(N)=O)C(=O)c1nc2ccccc2o1. The van der Waals surface area contributed by atoms with Crippen molar-refractivity contribution >= 4 is 74.6 Å². The van der Waals surface area contributed by atoms with Gasteiger partial charge >= 0.3 is 0 Å². The molecule has 4 atom stereocenters. The van der Waals surface area contributed by atoms with Crippen LogP contribution in [-0.2, 0) is 24.0 Å². The highest BCUT2D eigenvalue weighted by Crippen LogP contribution is 2.45. The number of hydrogen-bond donors (Lipinski definition) is 6. The first-order valence-corrected chi connectivity index (χ1v) is 15.0. The maximum atomic E-state index is 15.5. The van der Waals surface area contributed by atoms with Crippen LogP contribution in [0, 0.1) is 11.7 Å². The number of para-hydroxylation sites is 2. The Morgan fingerprint density at radius 1 is 1.04 bits per heavy atom. The van der Waals surface area contributed by atoms with Crippen molar-refractivity contribution < 1.29 is 51.2 Å². The second-order valence-electron chi connectivity index (χ2n) is 11.0. The number of rotatable bonds is 11. The third-order valence-electron chi connectivity index (χ3n) is 7.90. The minimum Gasteiger partial charge on any atom is -0.434 e. The zero-order valence-electron chi connectivity index (χ0n) is 25.7. The van der Waals surface area contributed by atoms with Gasteiger partial charge in [0.25, 0.3) is 22.8 Å². The summed E-state index contributed by atoms with van der Waals surface area (Å²) in [5.41, 5.74) is 15.1. The van der Waals surface area contributed by atoms with Crippen molar-refractivity contribution in [2.45, 2.75) is 24.9 Å². The molecule has 21 heteroatoms. The Morgan fingerprint density at radius 2 is 1.70 bits per heavy atom. The first-order chi connectivity index (χ1) is 23.4. The molecule has 17 nitrogen and oxygen atoms in total. The Balaban J connectivity index is 1.67. The van der Waals surface area contributed by atoms with Gasteiger partial charge in [0.1, 0.15) is 23.4 Å². The molecule has 0 spiro atoms. The quantitative estimate of drug-likeness (QED) is 0.110. The van der Waals surface area contributed by atoms with E-state index in [0.717, 1.165) is 0 Å². The standard InChI is InChI=1S/C29H24F3N9O8S/c1-3-11(18(42)26-38-12-6-4-5-7-13(12)49-26)37-24(46)16-10(22(34)44)8-9(21(33)43)15(23(35)45)29(16,28(36)48)39-25(47)19-17(30)14-20(31)40-41(2,32)27(14)50-19/h4-8,11,16H,3H2,1-2H3,(H9-,33,34,35,36,37,39,43,44,45,46,47,48)/p+1/t11-,16?,29?,41?/m0/s1. The second kappa shape index (κ2) is 12.3. The average molecular weight is 717 g/mol. The molecule has 6 amide bonds. The van der Waals surface area contributed by atoms with E-state index in [4.69, 9.17) is 27.4 Å². The number of oxazole rings is 1. The number of primary amides is 4. The summed E-state index contributed by atoms with van der Waals surface area (Å²) in [5.74, 6) is -16.9. The Kier molecular flexibility index (Phi) is 8.66. The average Bonchev–Trinajstić information content (AvgIpc) is 3.69. The number of nitrogens with one attached hydrogen (secondary N) is 2. The molecular weight excluding hydrogens is 691 g/mol. The summed E-state index contributed by atoms with van der Waals surface area (Å²) in [7, 11) is 0.707. The molecule has 3 unspecified atom stereocenters. The second-order valence-corrected chi connectivity index (χ2v) is 12.0. The van der Waals surface area contributed by atoms with Crippen molar-refractivity contribution in [2.24, 2.45) is 34.0 Å². The maximum Gasteiger partial charge on any atom is 0.287 e. The minimum absolute atomic E-state index is 0.0281. The van der Waals surface area contributed by atoms with Crippen molar-refractivity contribution in [3.63, 3.8) is 0 Å². The van der Waals surface area contributed by atoms with E-state index in [1.807, 2.05) is 5.32 Å². The van der Waals surface area contributed by atoms with Gasteiger partial charge in [-0.05, 0) is 29.7 Å². The van der Waals surface area contributed by atoms with Gasteiger partial charge in [-0.1, -0.05) is 30.4 Å². The minimum atomic E-state index is -3.38. The number of nitrogens with zero attached hydrogens (tertiary/aromatic N) is 3. The summed E-state index contributed by atoms with van der Waals surface area (Å²) in [6, 6.07) is 4.76. The predicted octanol–water partition coefficient (Wildman–Crippen LogP) is -0.465. The van der Waals surface area contributed by atoms with E-state index >= 15 is 4.39 Å². The van der Waals surface area contributed by atoms with E-state index < -0.39 is 113 Å². The van der Waals surface area contributed by atoms with E-state index in [0.29, 0.717) is 18.6 Å². The maximum absolute atomic E-state index is 15.5. The number of halogens is 3. The summed E-state index contributed by atoms with van der Waals surface area (Å²) in [6.07, 6.45) is 0.385. The van der Waals surface area contributed by atoms with Gasteiger partial charge in [0.05, 0.1) is 17.2 Å². The number of ketones is 1. The number of nitrogens with two attached hydrogens (primary N) is 4. The topological polar surface area (TPSA) is 286 Å². The molecule has 50 heavy (non-hydrogen) atoms. The smallest absolute Gasteiger partial charge is 0.287 e. The van der Waals surface area contributed by atoms with E-state index in [9.17, 15) is 42.4 Å². The lowest BCUT2D eigenvalue weighted by Crippen LogP contribution is -2.70. The Morgan fingerprint density at radius 3 is 2.24 bits per heavy atom. The molecule has 1 aliphatic carbocycles. The van der Waals surface area contributed by atoms with Crippen LogP contribution in [0.1, 0.15) is 39.3 Å². The van der Waals surface area contributed by atoms with Gasteiger partial charge in [-0.15, -0.1) is 0 Å². The van der Waals surface area contributed by atoms with Gasteiger partial charge in [-0.25, -0.2) is 9.37 Å². The fraction of sp³-hybridized carbons (Fsp3) is 0.207. The predicted molar refractivity (Wildman–Crippen MR) is 167 cm³/mol. The zero-order chi connectivity index (χ0) is 37.0. The first kappa shape index (κ1) is 35.1. The van der Waals surface area contributed by atoms with Gasteiger partial charge in [0, 0.05) is 14.9 Å². The van der Waals surface area contributed by atoms with Crippen molar-refractivity contribution in [3.05, 3.63) is 69.2 Å². The van der Waals surface area contributed by atoms with Crippen molar-refractivity contribution in [1.29, 1.82) is 0 Å². The van der Waals surface area contributed by atoms with Crippen LogP contribution >= 0.6 is 11.3 Å². The summed E-state index contributed by atoms with van der Waals surface area (Å²) >= 11 is 0.0281. The lowest BCUT2D eigenvalue weighted by Gasteiger charge is -2.42. The number of carbonyl (C=O) groups is 7. The van der Waals surface area contributed by atoms with Crippen LogP contribution in [-0.4, -0.2) is 70.8 Å². The largest absolute Gasteiger partial charge is 0.434 e. The number of thiophene rings is 1. The number of Topliss-reactive ketones (excluding diaryl/α,β-unsaturated/α-hetero) is 1. The van der Waals surface area contributed by atoms with Crippen LogP contribution in [0.2, 0.25) is 0 Å². The van der Waals surface area contributed by atoms with Crippen LogP contribution in [0.25, 0.3) is 11.1 Å². The fourth-order valence-electron chi connectivity index (χ4n) is 5.68. The molecule has 3 heterocycles. The first-order valence-electron chi connectivity index (χ1n) is 14.2. The molecule has 1 aromatic carbocycles. The number of amides is 6. The van der Waals surface area contributed by atoms with Gasteiger partial charge in [-0.2, -0.15) is 4.39 Å². The normalized spacial score (nSPS) is 21.9. The lowest BCUT2D eigenvalue weighted by molar-refractivity contribution is -0.135. The van der Waals surface area contributed by atoms with Crippen LogP contribution < -0.4 is 38.4 Å². The summed E-state index contributed by atoms with van der Waals surface area (Å²) in [6.45, 7) is 1.44. The number of quaternary nitrogens is 1. The Labute approximate surface area is 281 Å². The Hall–Kier alpha value is -6.22.